The Kier molecular flexibility index (Phi) is 5.53. The van der Waals surface area contributed by atoms with Crippen LogP contribution in [0.2, 0.25) is 0 Å². The number of nitrogens with one attached hydrogen (secondary N) is 2. The van der Waals surface area contributed by atoms with Crippen molar-refractivity contribution in [2.24, 2.45) is 22.7 Å². The number of hydrogen-bond donors (Lipinski definition) is 2. The summed E-state index contributed by atoms with van der Waals surface area (Å²) in [6, 6.07) is 7.26. The van der Waals surface area contributed by atoms with Crippen LogP contribution in [0.15, 0.2) is 57.8 Å². The average molecular weight is 435 g/mol. The molecule has 6 rings (SSSR count). The fourth-order valence-electron chi connectivity index (χ4n) is 6.82. The van der Waals surface area contributed by atoms with Gasteiger partial charge < -0.3 is 19.5 Å². The Bertz CT molecular complexity index is 911. The number of rotatable bonds is 8. The van der Waals surface area contributed by atoms with E-state index in [0.29, 0.717) is 36.4 Å². The van der Waals surface area contributed by atoms with E-state index < -0.39 is 0 Å². The molecule has 2 aromatic heterocycles. The predicted octanol–water partition coefficient (Wildman–Crippen LogP) is 4.42. The zero-order chi connectivity index (χ0) is 22.0. The van der Waals surface area contributed by atoms with Gasteiger partial charge in [0.1, 0.15) is 11.5 Å². The standard InChI is InChI=1S/C26H30N2O4/c29-23(7-5-21-3-1-9-31-21)27-17-25-12-19-11-20(13-25)15-26(14-19,16-25)18-28-24(30)8-6-22-4-2-10-32-22/h1-10,19-20H,11-18H2,(H,27,29)(H,28,30)/b7-5+,8-6+. The van der Waals surface area contributed by atoms with Gasteiger partial charge in [-0.25, -0.2) is 0 Å². The Hall–Kier alpha value is -3.02. The van der Waals surface area contributed by atoms with Gasteiger partial charge in [0.25, 0.3) is 0 Å². The summed E-state index contributed by atoms with van der Waals surface area (Å²) >= 11 is 0. The highest BCUT2D eigenvalue weighted by atomic mass is 16.3. The molecule has 4 aliphatic carbocycles. The average Bonchev–Trinajstić information content (AvgIpc) is 3.47. The van der Waals surface area contributed by atoms with Gasteiger partial charge in [0.2, 0.25) is 11.8 Å². The van der Waals surface area contributed by atoms with Crippen LogP contribution in [-0.4, -0.2) is 24.9 Å². The lowest BCUT2D eigenvalue weighted by atomic mass is 9.44. The number of hydrogen-bond acceptors (Lipinski definition) is 4. The van der Waals surface area contributed by atoms with Gasteiger partial charge in [0, 0.05) is 25.2 Å². The Labute approximate surface area is 188 Å². The van der Waals surface area contributed by atoms with Gasteiger partial charge in [-0.15, -0.1) is 0 Å². The molecular formula is C26H30N2O4. The molecule has 6 nitrogen and oxygen atoms in total. The molecule has 4 aliphatic rings. The van der Waals surface area contributed by atoms with E-state index in [1.54, 1.807) is 49.0 Å². The fraction of sp³-hybridized carbons (Fsp3) is 0.462. The van der Waals surface area contributed by atoms with Gasteiger partial charge >= 0.3 is 0 Å². The second-order valence-electron chi connectivity index (χ2n) is 10.1. The number of carbonyl (C=O) groups is 2. The molecule has 2 aromatic rings. The minimum absolute atomic E-state index is 0.0810. The molecule has 4 bridgehead atoms. The summed E-state index contributed by atoms with van der Waals surface area (Å²) in [5.41, 5.74) is 0.292. The molecule has 0 unspecified atom stereocenters. The molecule has 4 fully saturated rings. The first-order chi connectivity index (χ1) is 15.5. The Morgan fingerprint density at radius 2 is 1.31 bits per heavy atom. The van der Waals surface area contributed by atoms with Gasteiger partial charge in [0.05, 0.1) is 12.5 Å². The lowest BCUT2D eigenvalue weighted by Gasteiger charge is -2.62. The van der Waals surface area contributed by atoms with E-state index in [4.69, 9.17) is 8.83 Å². The van der Waals surface area contributed by atoms with Crippen molar-refractivity contribution in [2.45, 2.75) is 38.5 Å². The summed E-state index contributed by atoms with van der Waals surface area (Å²) in [4.78, 5) is 24.8. The van der Waals surface area contributed by atoms with Crippen LogP contribution >= 0.6 is 0 Å². The van der Waals surface area contributed by atoms with Crippen molar-refractivity contribution in [3.63, 3.8) is 0 Å². The maximum absolute atomic E-state index is 12.4. The van der Waals surface area contributed by atoms with Gasteiger partial charge in [-0.05, 0) is 97.6 Å². The summed E-state index contributed by atoms with van der Waals surface area (Å²) in [5.74, 6) is 2.58. The zero-order valence-corrected chi connectivity index (χ0v) is 18.2. The summed E-state index contributed by atoms with van der Waals surface area (Å²) < 4.78 is 10.5. The molecular weight excluding hydrogens is 404 g/mol. The van der Waals surface area contributed by atoms with E-state index in [0.717, 1.165) is 6.42 Å². The quantitative estimate of drug-likeness (QED) is 0.603. The van der Waals surface area contributed by atoms with Crippen LogP contribution in [-0.2, 0) is 9.59 Å². The largest absolute Gasteiger partial charge is 0.465 e. The van der Waals surface area contributed by atoms with Crippen LogP contribution in [0.5, 0.6) is 0 Å². The second-order valence-corrected chi connectivity index (χ2v) is 10.1. The number of carbonyl (C=O) groups excluding carboxylic acids is 2. The molecule has 6 heteroatoms. The first-order valence-corrected chi connectivity index (χ1v) is 11.5. The molecule has 0 saturated heterocycles. The molecule has 4 saturated carbocycles. The molecule has 168 valence electrons. The molecule has 32 heavy (non-hydrogen) atoms. The first kappa shape index (κ1) is 20.9. The SMILES string of the molecule is O=C(/C=C/c1ccco1)NCC12CC3CC(C1)CC(CNC(=O)/C=C/c1ccco1)(C3)C2. The smallest absolute Gasteiger partial charge is 0.244 e. The van der Waals surface area contributed by atoms with Crippen LogP contribution in [0.1, 0.15) is 50.0 Å². The maximum Gasteiger partial charge on any atom is 0.244 e. The predicted molar refractivity (Wildman–Crippen MR) is 121 cm³/mol. The van der Waals surface area contributed by atoms with E-state index in [9.17, 15) is 9.59 Å². The first-order valence-electron chi connectivity index (χ1n) is 11.5. The minimum atomic E-state index is -0.0810. The lowest BCUT2D eigenvalue weighted by Crippen LogP contribution is -2.58. The summed E-state index contributed by atoms with van der Waals surface area (Å²) in [6.45, 7) is 1.41. The Morgan fingerprint density at radius 1 is 0.844 bits per heavy atom. The molecule has 2 heterocycles. The van der Waals surface area contributed by atoms with E-state index in [2.05, 4.69) is 10.6 Å². The van der Waals surface area contributed by atoms with Crippen LogP contribution in [0, 0.1) is 22.7 Å². The van der Waals surface area contributed by atoms with Gasteiger partial charge in [-0.3, -0.25) is 9.59 Å². The molecule has 0 aromatic carbocycles. The zero-order valence-electron chi connectivity index (χ0n) is 18.2. The normalized spacial score (nSPS) is 30.9. The van der Waals surface area contributed by atoms with Crippen molar-refractivity contribution in [3.8, 4) is 0 Å². The van der Waals surface area contributed by atoms with E-state index in [-0.39, 0.29) is 22.6 Å². The third-order valence-corrected chi connectivity index (χ3v) is 7.46. The van der Waals surface area contributed by atoms with Crippen molar-refractivity contribution in [2.75, 3.05) is 13.1 Å². The molecule has 0 spiro atoms. The highest BCUT2D eigenvalue weighted by Gasteiger charge is 2.57. The van der Waals surface area contributed by atoms with Gasteiger partial charge in [-0.2, -0.15) is 0 Å². The molecule has 2 N–H and O–H groups in total. The molecule has 2 amide bonds. The third-order valence-electron chi connectivity index (χ3n) is 7.46. The van der Waals surface area contributed by atoms with E-state index in [1.807, 2.05) is 12.1 Å². The molecule has 0 radical (unpaired) electrons. The van der Waals surface area contributed by atoms with Crippen molar-refractivity contribution in [1.29, 1.82) is 0 Å². The van der Waals surface area contributed by atoms with Crippen molar-refractivity contribution in [1.82, 2.24) is 10.6 Å². The highest BCUT2D eigenvalue weighted by molar-refractivity contribution is 5.91. The topological polar surface area (TPSA) is 84.5 Å². The van der Waals surface area contributed by atoms with Gasteiger partial charge in [0.15, 0.2) is 0 Å². The maximum atomic E-state index is 12.4. The minimum Gasteiger partial charge on any atom is -0.465 e. The monoisotopic (exact) mass is 434 g/mol. The fourth-order valence-corrected chi connectivity index (χ4v) is 6.82. The number of amides is 2. The van der Waals surface area contributed by atoms with Crippen molar-refractivity contribution < 1.29 is 18.4 Å². The van der Waals surface area contributed by atoms with E-state index in [1.165, 1.54) is 32.1 Å². The van der Waals surface area contributed by atoms with Crippen LogP contribution in [0.4, 0.5) is 0 Å². The second kappa shape index (κ2) is 8.49. The van der Waals surface area contributed by atoms with Crippen LogP contribution < -0.4 is 10.6 Å². The third kappa shape index (κ3) is 4.59. The Morgan fingerprint density at radius 3 is 1.72 bits per heavy atom. The summed E-state index contributed by atoms with van der Waals surface area (Å²) in [5, 5.41) is 6.29. The van der Waals surface area contributed by atoms with Crippen molar-refractivity contribution >= 4 is 24.0 Å². The highest BCUT2D eigenvalue weighted by Crippen LogP contribution is 2.64. The van der Waals surface area contributed by atoms with Crippen molar-refractivity contribution in [3.05, 3.63) is 60.5 Å². The summed E-state index contributed by atoms with van der Waals surface area (Å²) in [7, 11) is 0. The van der Waals surface area contributed by atoms with Gasteiger partial charge in [-0.1, -0.05) is 0 Å². The van der Waals surface area contributed by atoms with Crippen LogP contribution in [0.25, 0.3) is 12.2 Å². The molecule has 0 aliphatic heterocycles. The summed E-state index contributed by atoms with van der Waals surface area (Å²) in [6.07, 6.45) is 16.8. The number of furan rings is 2. The Balaban J connectivity index is 1.19. The van der Waals surface area contributed by atoms with E-state index >= 15 is 0 Å². The lowest BCUT2D eigenvalue weighted by molar-refractivity contribution is -0.127. The van der Waals surface area contributed by atoms with Crippen LogP contribution in [0.3, 0.4) is 0 Å². The molecule has 0 atom stereocenters.